The van der Waals surface area contributed by atoms with Gasteiger partial charge in [0.1, 0.15) is 12.6 Å². The Labute approximate surface area is 242 Å². The number of anilines is 1. The Kier molecular flexibility index (Phi) is 9.87. The molecule has 1 fully saturated rings. The number of halogens is 1. The Balaban J connectivity index is 1.70. The zero-order valence-corrected chi connectivity index (χ0v) is 24.5. The van der Waals surface area contributed by atoms with Gasteiger partial charge in [0, 0.05) is 17.6 Å². The van der Waals surface area contributed by atoms with Gasteiger partial charge in [-0.05, 0) is 67.6 Å². The molecule has 1 N–H and O–H groups in total. The molecule has 0 aromatic heterocycles. The Morgan fingerprint density at radius 1 is 0.950 bits per heavy atom. The summed E-state index contributed by atoms with van der Waals surface area (Å²) in [5.41, 5.74) is 2.02. The van der Waals surface area contributed by atoms with E-state index < -0.39 is 28.5 Å². The summed E-state index contributed by atoms with van der Waals surface area (Å²) in [5, 5.41) is 3.64. The molecule has 3 aromatic carbocycles. The first-order valence-corrected chi connectivity index (χ1v) is 15.5. The molecule has 0 radical (unpaired) electrons. The first-order chi connectivity index (χ1) is 19.2. The van der Waals surface area contributed by atoms with E-state index in [1.54, 1.807) is 61.5 Å². The molecule has 0 heterocycles. The second kappa shape index (κ2) is 13.3. The van der Waals surface area contributed by atoms with Gasteiger partial charge in [0.05, 0.1) is 10.6 Å². The fourth-order valence-corrected chi connectivity index (χ4v) is 6.65. The first-order valence-electron chi connectivity index (χ1n) is 13.7. The van der Waals surface area contributed by atoms with Crippen LogP contribution >= 0.6 is 11.6 Å². The molecule has 9 heteroatoms. The van der Waals surface area contributed by atoms with Crippen molar-refractivity contribution in [3.05, 3.63) is 95.0 Å². The molecule has 0 saturated heterocycles. The van der Waals surface area contributed by atoms with Crippen LogP contribution in [0.5, 0.6) is 0 Å². The molecular formula is C31H36ClN3O4S. The molecule has 40 heavy (non-hydrogen) atoms. The number of nitrogens with one attached hydrogen (secondary N) is 1. The van der Waals surface area contributed by atoms with Crippen molar-refractivity contribution in [3.63, 3.8) is 0 Å². The minimum atomic E-state index is -4.09. The normalized spacial score (nSPS) is 14.5. The van der Waals surface area contributed by atoms with Gasteiger partial charge in [0.25, 0.3) is 10.0 Å². The number of sulfonamides is 1. The number of amides is 2. The van der Waals surface area contributed by atoms with E-state index in [1.165, 1.54) is 21.3 Å². The molecule has 212 valence electrons. The number of carbonyl (C=O) groups excluding carboxylic acids is 2. The molecule has 1 aliphatic rings. The van der Waals surface area contributed by atoms with Crippen molar-refractivity contribution in [2.45, 2.75) is 69.5 Å². The van der Waals surface area contributed by atoms with Crippen LogP contribution in [0, 0.1) is 0 Å². The summed E-state index contributed by atoms with van der Waals surface area (Å²) < 4.78 is 29.1. The smallest absolute Gasteiger partial charge is 0.264 e. The van der Waals surface area contributed by atoms with E-state index in [0.29, 0.717) is 17.1 Å². The molecule has 1 atom stereocenters. The molecule has 0 spiro atoms. The molecule has 4 rings (SSSR count). The average Bonchev–Trinajstić information content (AvgIpc) is 3.48. The fraction of sp³-hybridized carbons (Fsp3) is 0.355. The Morgan fingerprint density at radius 2 is 1.57 bits per heavy atom. The standard InChI is InChI=1S/C31H36ClN3O4S/c1-3-25-11-7-10-16-29(25)35(40(38,39)28-14-5-4-6-15-28)22-30(36)34(21-24-17-19-26(32)20-18-24)23(2)31(37)33-27-12-8-9-13-27/h4-7,10-11,14-20,23,27H,3,8-9,12-13,21-22H2,1-2H3,(H,33,37)/t23-/m1/s1. The Morgan fingerprint density at radius 3 is 2.23 bits per heavy atom. The highest BCUT2D eigenvalue weighted by Crippen LogP contribution is 2.28. The van der Waals surface area contributed by atoms with E-state index in [2.05, 4.69) is 5.32 Å². The van der Waals surface area contributed by atoms with Gasteiger partial charge >= 0.3 is 0 Å². The van der Waals surface area contributed by atoms with Crippen LogP contribution in [-0.4, -0.2) is 43.8 Å². The molecule has 0 unspecified atom stereocenters. The van der Waals surface area contributed by atoms with Crippen LogP contribution in [0.2, 0.25) is 5.02 Å². The lowest BCUT2D eigenvalue weighted by Crippen LogP contribution is -2.52. The highest BCUT2D eigenvalue weighted by atomic mass is 35.5. The molecule has 0 aliphatic heterocycles. The zero-order valence-electron chi connectivity index (χ0n) is 22.9. The predicted molar refractivity (Wildman–Crippen MR) is 159 cm³/mol. The molecule has 1 saturated carbocycles. The van der Waals surface area contributed by atoms with Crippen molar-refractivity contribution in [3.8, 4) is 0 Å². The Bertz CT molecular complexity index is 1410. The maximum Gasteiger partial charge on any atom is 0.264 e. The maximum absolute atomic E-state index is 14.1. The SMILES string of the molecule is CCc1ccccc1N(CC(=O)N(Cc1ccc(Cl)cc1)[C@H](C)C(=O)NC1CCCC1)S(=O)(=O)c1ccccc1. The van der Waals surface area contributed by atoms with Gasteiger partial charge in [-0.15, -0.1) is 0 Å². The Hall–Kier alpha value is -3.36. The number of carbonyl (C=O) groups is 2. The second-order valence-corrected chi connectivity index (χ2v) is 12.4. The number of rotatable bonds is 11. The lowest BCUT2D eigenvalue weighted by molar-refractivity contribution is -0.139. The molecule has 3 aromatic rings. The third-order valence-corrected chi connectivity index (χ3v) is 9.41. The number of benzene rings is 3. The molecule has 7 nitrogen and oxygen atoms in total. The van der Waals surface area contributed by atoms with E-state index in [9.17, 15) is 18.0 Å². The largest absolute Gasteiger partial charge is 0.352 e. The number of nitrogens with zero attached hydrogens (tertiary/aromatic N) is 2. The zero-order chi connectivity index (χ0) is 28.7. The van der Waals surface area contributed by atoms with Crippen LogP contribution in [0.15, 0.2) is 83.8 Å². The lowest BCUT2D eigenvalue weighted by Gasteiger charge is -2.33. The molecule has 2 amide bonds. The summed E-state index contributed by atoms with van der Waals surface area (Å²) in [5.74, 6) is -0.727. The van der Waals surface area contributed by atoms with Gasteiger partial charge in [0.2, 0.25) is 11.8 Å². The van der Waals surface area contributed by atoms with E-state index in [4.69, 9.17) is 11.6 Å². The van der Waals surface area contributed by atoms with Gasteiger partial charge < -0.3 is 10.2 Å². The minimum Gasteiger partial charge on any atom is -0.352 e. The van der Waals surface area contributed by atoms with Crippen molar-refractivity contribution in [2.75, 3.05) is 10.8 Å². The number of hydrogen-bond acceptors (Lipinski definition) is 4. The van der Waals surface area contributed by atoms with E-state index in [-0.39, 0.29) is 23.4 Å². The summed E-state index contributed by atoms with van der Waals surface area (Å²) in [6, 6.07) is 21.6. The van der Waals surface area contributed by atoms with Crippen LogP contribution in [0.1, 0.15) is 50.7 Å². The van der Waals surface area contributed by atoms with Crippen molar-refractivity contribution in [1.29, 1.82) is 0 Å². The average molecular weight is 582 g/mol. The van der Waals surface area contributed by atoms with Gasteiger partial charge in [-0.3, -0.25) is 13.9 Å². The summed E-state index contributed by atoms with van der Waals surface area (Å²) >= 11 is 6.07. The van der Waals surface area contributed by atoms with Crippen molar-refractivity contribution < 1.29 is 18.0 Å². The minimum absolute atomic E-state index is 0.0879. The lowest BCUT2D eigenvalue weighted by atomic mass is 10.1. The monoisotopic (exact) mass is 581 g/mol. The summed E-state index contributed by atoms with van der Waals surface area (Å²) in [7, 11) is -4.09. The van der Waals surface area contributed by atoms with Crippen LogP contribution in [0.3, 0.4) is 0 Å². The number of aryl methyl sites for hydroxylation is 1. The van der Waals surface area contributed by atoms with E-state index >= 15 is 0 Å². The first kappa shape index (κ1) is 29.6. The van der Waals surface area contributed by atoms with Crippen molar-refractivity contribution in [2.24, 2.45) is 0 Å². The quantitative estimate of drug-likeness (QED) is 0.320. The highest BCUT2D eigenvalue weighted by Gasteiger charge is 2.34. The van der Waals surface area contributed by atoms with Gasteiger partial charge in [-0.1, -0.05) is 79.9 Å². The molecule has 1 aliphatic carbocycles. The van der Waals surface area contributed by atoms with Crippen LogP contribution in [0.4, 0.5) is 5.69 Å². The third kappa shape index (κ3) is 7.04. The third-order valence-electron chi connectivity index (χ3n) is 7.39. The van der Waals surface area contributed by atoms with E-state index in [0.717, 1.165) is 36.8 Å². The molecule has 0 bridgehead atoms. The fourth-order valence-electron chi connectivity index (χ4n) is 5.05. The highest BCUT2D eigenvalue weighted by molar-refractivity contribution is 7.92. The number of hydrogen-bond donors (Lipinski definition) is 1. The molecular weight excluding hydrogens is 546 g/mol. The second-order valence-electron chi connectivity index (χ2n) is 10.1. The maximum atomic E-state index is 14.1. The summed E-state index contributed by atoms with van der Waals surface area (Å²) in [6.45, 7) is 3.30. The van der Waals surface area contributed by atoms with Crippen molar-refractivity contribution >= 4 is 39.1 Å². The van der Waals surface area contributed by atoms with Gasteiger partial charge in [-0.25, -0.2) is 8.42 Å². The predicted octanol–water partition coefficient (Wildman–Crippen LogP) is 5.57. The number of para-hydroxylation sites is 1. The summed E-state index contributed by atoms with van der Waals surface area (Å²) in [4.78, 5) is 28.9. The topological polar surface area (TPSA) is 86.8 Å². The van der Waals surface area contributed by atoms with Crippen LogP contribution in [-0.2, 0) is 32.6 Å². The van der Waals surface area contributed by atoms with Crippen LogP contribution < -0.4 is 9.62 Å². The van der Waals surface area contributed by atoms with Crippen LogP contribution in [0.25, 0.3) is 0 Å². The van der Waals surface area contributed by atoms with Gasteiger partial charge in [0.15, 0.2) is 0 Å². The van der Waals surface area contributed by atoms with Crippen molar-refractivity contribution in [1.82, 2.24) is 10.2 Å². The van der Waals surface area contributed by atoms with Gasteiger partial charge in [-0.2, -0.15) is 0 Å². The van der Waals surface area contributed by atoms with E-state index in [1.807, 2.05) is 19.1 Å². The summed E-state index contributed by atoms with van der Waals surface area (Å²) in [6.07, 6.45) is 4.55.